The van der Waals surface area contributed by atoms with Crippen molar-refractivity contribution in [3.8, 4) is 5.75 Å². The lowest BCUT2D eigenvalue weighted by Crippen LogP contribution is -2.63. The van der Waals surface area contributed by atoms with Gasteiger partial charge in [-0.25, -0.2) is 0 Å². The van der Waals surface area contributed by atoms with E-state index in [9.17, 15) is 9.59 Å². The first kappa shape index (κ1) is 27.3. The van der Waals surface area contributed by atoms with Gasteiger partial charge in [0.25, 0.3) is 5.91 Å². The van der Waals surface area contributed by atoms with Gasteiger partial charge in [0.2, 0.25) is 5.91 Å². The molecule has 2 aliphatic heterocycles. The molecule has 7 heteroatoms. The minimum Gasteiger partial charge on any atom is -0.494 e. The third-order valence-corrected chi connectivity index (χ3v) is 8.31. The standard InChI is InChI=1S/C32H42N4O3/c1-5-39-29-14-9-7-12-26(29)21-36-30(37)28-18-25-11-6-8-13-27(25)35(28)22-32(36,4)31(38)33-15-10-16-34-19-23(2)17-24(3)20-34/h6-9,11-14,18,23-24H,5,10,15-17,19-22H2,1-4H3,(H,33,38)/t23-,24-,32+/m0/s1. The number of aromatic nitrogens is 1. The summed E-state index contributed by atoms with van der Waals surface area (Å²) >= 11 is 0. The highest BCUT2D eigenvalue weighted by Gasteiger charge is 2.47. The highest BCUT2D eigenvalue weighted by Crippen LogP contribution is 2.34. The van der Waals surface area contributed by atoms with E-state index in [4.69, 9.17) is 4.74 Å². The predicted molar refractivity (Wildman–Crippen MR) is 155 cm³/mol. The zero-order chi connectivity index (χ0) is 27.6. The minimum absolute atomic E-state index is 0.117. The van der Waals surface area contributed by atoms with Crippen LogP contribution in [0.25, 0.3) is 10.9 Å². The molecule has 7 nitrogen and oxygen atoms in total. The third-order valence-electron chi connectivity index (χ3n) is 8.31. The van der Waals surface area contributed by atoms with E-state index >= 15 is 0 Å². The zero-order valence-electron chi connectivity index (χ0n) is 23.8. The molecule has 0 aliphatic carbocycles. The Hall–Kier alpha value is -3.32. The Bertz CT molecular complexity index is 1320. The fourth-order valence-corrected chi connectivity index (χ4v) is 6.52. The van der Waals surface area contributed by atoms with Crippen molar-refractivity contribution in [2.24, 2.45) is 11.8 Å². The van der Waals surface area contributed by atoms with Gasteiger partial charge in [0.1, 0.15) is 17.0 Å². The number of carbonyl (C=O) groups excluding carboxylic acids is 2. The molecule has 0 bridgehead atoms. The van der Waals surface area contributed by atoms with Crippen LogP contribution in [0.5, 0.6) is 5.75 Å². The fraction of sp³-hybridized carbons (Fsp3) is 0.500. The molecule has 0 unspecified atom stereocenters. The van der Waals surface area contributed by atoms with Gasteiger partial charge in [0.05, 0.1) is 19.7 Å². The smallest absolute Gasteiger partial charge is 0.271 e. The average molecular weight is 531 g/mol. The lowest BCUT2D eigenvalue weighted by molar-refractivity contribution is -0.133. The first-order valence-electron chi connectivity index (χ1n) is 14.4. The quantitative estimate of drug-likeness (QED) is 0.398. The molecule has 2 amide bonds. The summed E-state index contributed by atoms with van der Waals surface area (Å²) in [4.78, 5) is 32.3. The Kier molecular flexibility index (Phi) is 7.98. The summed E-state index contributed by atoms with van der Waals surface area (Å²) in [7, 11) is 0. The van der Waals surface area contributed by atoms with Crippen molar-refractivity contribution < 1.29 is 14.3 Å². The number of piperidine rings is 1. The molecule has 3 heterocycles. The molecule has 0 saturated carbocycles. The predicted octanol–water partition coefficient (Wildman–Crippen LogP) is 4.94. The van der Waals surface area contributed by atoms with E-state index in [-0.39, 0.29) is 11.8 Å². The second kappa shape index (κ2) is 11.4. The van der Waals surface area contributed by atoms with Gasteiger partial charge in [0.15, 0.2) is 0 Å². The maximum Gasteiger partial charge on any atom is 0.271 e. The van der Waals surface area contributed by atoms with Gasteiger partial charge in [-0.15, -0.1) is 0 Å². The highest BCUT2D eigenvalue weighted by molar-refractivity contribution is 6.03. The fourth-order valence-electron chi connectivity index (χ4n) is 6.52. The number of hydrogen-bond donors (Lipinski definition) is 1. The molecule has 1 saturated heterocycles. The van der Waals surface area contributed by atoms with Crippen molar-refractivity contribution in [2.45, 2.75) is 59.2 Å². The highest BCUT2D eigenvalue weighted by atomic mass is 16.5. The maximum atomic E-state index is 14.1. The molecule has 1 fully saturated rings. The van der Waals surface area contributed by atoms with Crippen molar-refractivity contribution in [2.75, 3.05) is 32.8 Å². The topological polar surface area (TPSA) is 66.8 Å². The molecule has 1 N–H and O–H groups in total. The normalized spacial score (nSPS) is 23.6. The SMILES string of the molecule is CCOc1ccccc1CN1C(=O)c2cc3ccccc3n2C[C@]1(C)C(=O)NCCCN1C[C@@H](C)C[C@H](C)C1. The summed E-state index contributed by atoms with van der Waals surface area (Å²) in [6.45, 7) is 13.5. The molecule has 0 radical (unpaired) electrons. The Balaban J connectivity index is 1.38. The van der Waals surface area contributed by atoms with E-state index < -0.39 is 5.54 Å². The van der Waals surface area contributed by atoms with Crippen LogP contribution in [-0.4, -0.2) is 64.5 Å². The van der Waals surface area contributed by atoms with Gasteiger partial charge in [0, 0.05) is 36.1 Å². The van der Waals surface area contributed by atoms with Gasteiger partial charge < -0.3 is 24.4 Å². The van der Waals surface area contributed by atoms with Crippen LogP contribution in [0.4, 0.5) is 0 Å². The van der Waals surface area contributed by atoms with Gasteiger partial charge in [-0.2, -0.15) is 0 Å². The van der Waals surface area contributed by atoms with E-state index in [0.29, 0.717) is 43.8 Å². The average Bonchev–Trinajstić information content (AvgIpc) is 3.28. The molecule has 208 valence electrons. The minimum atomic E-state index is -1.06. The molecule has 2 aromatic carbocycles. The summed E-state index contributed by atoms with van der Waals surface area (Å²) in [5.74, 6) is 1.92. The van der Waals surface area contributed by atoms with E-state index in [0.717, 1.165) is 48.3 Å². The molecular weight excluding hydrogens is 488 g/mol. The summed E-state index contributed by atoms with van der Waals surface area (Å²) in [5.41, 5.74) is 1.43. The summed E-state index contributed by atoms with van der Waals surface area (Å²) in [6.07, 6.45) is 2.18. The van der Waals surface area contributed by atoms with E-state index in [1.165, 1.54) is 6.42 Å². The Morgan fingerprint density at radius 3 is 2.56 bits per heavy atom. The second-order valence-corrected chi connectivity index (χ2v) is 11.7. The Morgan fingerprint density at radius 1 is 1.08 bits per heavy atom. The van der Waals surface area contributed by atoms with E-state index in [2.05, 4.69) is 24.1 Å². The largest absolute Gasteiger partial charge is 0.494 e. The first-order chi connectivity index (χ1) is 18.8. The van der Waals surface area contributed by atoms with Crippen LogP contribution in [-0.2, 0) is 17.9 Å². The van der Waals surface area contributed by atoms with Crippen LogP contribution in [0.1, 0.15) is 56.6 Å². The lowest BCUT2D eigenvalue weighted by atomic mass is 9.92. The van der Waals surface area contributed by atoms with E-state index in [1.54, 1.807) is 4.90 Å². The van der Waals surface area contributed by atoms with Crippen LogP contribution in [0.15, 0.2) is 54.6 Å². The molecule has 1 aromatic heterocycles. The van der Waals surface area contributed by atoms with Gasteiger partial charge in [-0.3, -0.25) is 9.59 Å². The molecule has 39 heavy (non-hydrogen) atoms. The third kappa shape index (κ3) is 5.55. The van der Waals surface area contributed by atoms with E-state index in [1.807, 2.05) is 73.0 Å². The number of nitrogens with zero attached hydrogens (tertiary/aromatic N) is 3. The molecule has 5 rings (SSSR count). The number of benzene rings is 2. The van der Waals surface area contributed by atoms with Crippen molar-refractivity contribution >= 4 is 22.7 Å². The van der Waals surface area contributed by atoms with Crippen LogP contribution >= 0.6 is 0 Å². The lowest BCUT2D eigenvalue weighted by Gasteiger charge is -2.44. The second-order valence-electron chi connectivity index (χ2n) is 11.7. The number of likely N-dealkylation sites (tertiary alicyclic amines) is 1. The van der Waals surface area contributed by atoms with Gasteiger partial charge >= 0.3 is 0 Å². The number of nitrogens with one attached hydrogen (secondary N) is 1. The number of rotatable bonds is 9. The number of fused-ring (bicyclic) bond motifs is 3. The summed E-state index contributed by atoms with van der Waals surface area (Å²) in [6, 6.07) is 17.7. The van der Waals surface area contributed by atoms with Crippen molar-refractivity contribution in [1.82, 2.24) is 19.7 Å². The van der Waals surface area contributed by atoms with Gasteiger partial charge in [-0.1, -0.05) is 50.2 Å². The summed E-state index contributed by atoms with van der Waals surface area (Å²) in [5, 5.41) is 4.20. The zero-order valence-corrected chi connectivity index (χ0v) is 23.8. The van der Waals surface area contributed by atoms with Gasteiger partial charge in [-0.05, 0) is 63.3 Å². The molecule has 3 atom stereocenters. The number of ether oxygens (including phenoxy) is 1. The Morgan fingerprint density at radius 2 is 1.79 bits per heavy atom. The first-order valence-corrected chi connectivity index (χ1v) is 14.4. The van der Waals surface area contributed by atoms with Crippen molar-refractivity contribution in [3.63, 3.8) is 0 Å². The number of carbonyl (C=O) groups is 2. The number of hydrogen-bond acceptors (Lipinski definition) is 4. The molecular formula is C32H42N4O3. The van der Waals surface area contributed by atoms with Crippen molar-refractivity contribution in [3.05, 3.63) is 65.9 Å². The Labute approximate surface area is 232 Å². The van der Waals surface area contributed by atoms with Crippen LogP contribution in [0, 0.1) is 11.8 Å². The number of amides is 2. The molecule has 2 aliphatic rings. The van der Waals surface area contributed by atoms with Crippen molar-refractivity contribution in [1.29, 1.82) is 0 Å². The van der Waals surface area contributed by atoms with Crippen LogP contribution < -0.4 is 10.1 Å². The number of para-hydroxylation sites is 2. The van der Waals surface area contributed by atoms with Crippen LogP contribution in [0.2, 0.25) is 0 Å². The monoisotopic (exact) mass is 530 g/mol. The van der Waals surface area contributed by atoms with Crippen LogP contribution in [0.3, 0.4) is 0 Å². The maximum absolute atomic E-state index is 14.1. The summed E-state index contributed by atoms with van der Waals surface area (Å²) < 4.78 is 7.88. The molecule has 3 aromatic rings. The molecule has 0 spiro atoms.